The van der Waals surface area contributed by atoms with Crippen LogP contribution in [0.2, 0.25) is 0 Å². The zero-order valence-electron chi connectivity index (χ0n) is 5.54. The van der Waals surface area contributed by atoms with Crippen LogP contribution < -0.4 is 16.6 Å². The summed E-state index contributed by atoms with van der Waals surface area (Å²) in [4.78, 5) is 18.4. The third-order valence-corrected chi connectivity index (χ3v) is 0.341. The van der Waals surface area contributed by atoms with Crippen molar-refractivity contribution in [1.82, 2.24) is 0 Å². The number of nitrogens with two attached hydrogens (primary N) is 2. The molecule has 0 aromatic carbocycles. The van der Waals surface area contributed by atoms with Gasteiger partial charge in [0.25, 0.3) is 0 Å². The smallest absolute Gasteiger partial charge is 0.549 e. The number of carboxylic acid groups (broad SMARTS) is 2. The van der Waals surface area contributed by atoms with E-state index in [4.69, 9.17) is 15.0 Å². The molecule has 0 bridgehead atoms. The first kappa shape index (κ1) is 16.8. The molecule has 0 spiro atoms. The van der Waals surface area contributed by atoms with Crippen molar-refractivity contribution >= 4 is 11.9 Å². The van der Waals surface area contributed by atoms with Gasteiger partial charge in [-0.15, -0.1) is 0 Å². The molecule has 6 nitrogen and oxygen atoms in total. The Morgan fingerprint density at radius 3 is 1.45 bits per heavy atom. The largest absolute Gasteiger partial charge is 1.00 e. The first-order valence-electron chi connectivity index (χ1n) is 2.36. The van der Waals surface area contributed by atoms with Gasteiger partial charge in [-0.05, 0) is 0 Å². The maximum absolute atomic E-state index is 9.24. The second kappa shape index (κ2) is 12.1. The Morgan fingerprint density at radius 2 is 1.45 bits per heavy atom. The van der Waals surface area contributed by atoms with Crippen LogP contribution in [0.15, 0.2) is 0 Å². The summed E-state index contributed by atoms with van der Waals surface area (Å²) in [6.07, 6.45) is 0. The zero-order chi connectivity index (χ0) is 8.57. The van der Waals surface area contributed by atoms with Crippen molar-refractivity contribution < 1.29 is 36.9 Å². The van der Waals surface area contributed by atoms with E-state index in [1.807, 2.05) is 0 Å². The summed E-state index contributed by atoms with van der Waals surface area (Å²) in [6, 6.07) is 0. The monoisotopic (exact) mass is 212 g/mol. The average molecular weight is 213 g/mol. The van der Waals surface area contributed by atoms with Gasteiger partial charge in [0.05, 0.1) is 12.5 Å². The van der Waals surface area contributed by atoms with Crippen LogP contribution in [-0.2, 0) is 26.7 Å². The van der Waals surface area contributed by atoms with Gasteiger partial charge in [0.15, 0.2) is 0 Å². The fourth-order valence-corrected chi connectivity index (χ4v) is 0. The number of carbonyl (C=O) groups is 2. The topological polar surface area (TPSA) is 129 Å². The maximum atomic E-state index is 9.24. The molecule has 0 fully saturated rings. The maximum Gasteiger partial charge on any atom is 1.00 e. The normalized spacial score (nSPS) is 6.73. The van der Waals surface area contributed by atoms with Crippen molar-refractivity contribution in [2.75, 3.05) is 13.1 Å². The van der Waals surface area contributed by atoms with Crippen LogP contribution in [0.25, 0.3) is 0 Å². The molecule has 0 amide bonds. The van der Waals surface area contributed by atoms with Crippen LogP contribution in [0.4, 0.5) is 0 Å². The molecule has 0 aliphatic carbocycles. The van der Waals surface area contributed by atoms with Gasteiger partial charge in [-0.2, -0.15) is 0 Å². The third-order valence-electron chi connectivity index (χ3n) is 0.341. The molecule has 0 rings (SSSR count). The molecule has 0 heterocycles. The number of carbonyl (C=O) groups excluding carboxylic acids is 1. The molecule has 0 atom stereocenters. The molecule has 11 heavy (non-hydrogen) atoms. The fraction of sp³-hybridized carbons (Fsp3) is 0.500. The molecular formula is C4H9CuN2O4. The van der Waals surface area contributed by atoms with Crippen molar-refractivity contribution in [3.05, 3.63) is 0 Å². The second-order valence-corrected chi connectivity index (χ2v) is 1.17. The van der Waals surface area contributed by atoms with Crippen molar-refractivity contribution in [1.29, 1.82) is 0 Å². The molecule has 0 aliphatic rings. The van der Waals surface area contributed by atoms with E-state index >= 15 is 0 Å². The molecule has 0 aromatic heterocycles. The van der Waals surface area contributed by atoms with Gasteiger partial charge >= 0.3 is 23.0 Å². The van der Waals surface area contributed by atoms with Gasteiger partial charge in [0.2, 0.25) is 0 Å². The van der Waals surface area contributed by atoms with Crippen molar-refractivity contribution in [2.24, 2.45) is 11.5 Å². The zero-order valence-corrected chi connectivity index (χ0v) is 6.48. The van der Waals surface area contributed by atoms with E-state index in [9.17, 15) is 4.79 Å². The molecule has 0 radical (unpaired) electrons. The number of rotatable bonds is 2. The summed E-state index contributed by atoms with van der Waals surface area (Å²) >= 11 is 0. The summed E-state index contributed by atoms with van der Waals surface area (Å²) in [5.74, 6) is -2.19. The SMILES string of the molecule is NCC(=O)O.NCC(=O)[O-].[Cu+]. The molecular weight excluding hydrogens is 204 g/mol. The predicted molar refractivity (Wildman–Crippen MR) is 30.8 cm³/mol. The van der Waals surface area contributed by atoms with Gasteiger partial charge in [-0.1, -0.05) is 0 Å². The van der Waals surface area contributed by atoms with Gasteiger partial charge < -0.3 is 26.5 Å². The Labute approximate surface area is 74.0 Å². The summed E-state index contributed by atoms with van der Waals surface area (Å²) in [5.41, 5.74) is 9.08. The Morgan fingerprint density at radius 1 is 1.27 bits per heavy atom. The van der Waals surface area contributed by atoms with Gasteiger partial charge in [0, 0.05) is 6.54 Å². The fourth-order valence-electron chi connectivity index (χ4n) is 0. The van der Waals surface area contributed by atoms with E-state index in [-0.39, 0.29) is 30.2 Å². The number of carboxylic acids is 2. The minimum atomic E-state index is -1.22. The third kappa shape index (κ3) is 44.7. The molecule has 7 heteroatoms. The summed E-state index contributed by atoms with van der Waals surface area (Å²) in [7, 11) is 0. The quantitative estimate of drug-likeness (QED) is 0.412. The van der Waals surface area contributed by atoms with Gasteiger partial charge in [-0.25, -0.2) is 0 Å². The Kier molecular flexibility index (Phi) is 18.4. The minimum Gasteiger partial charge on any atom is -0.549 e. The molecule has 0 saturated heterocycles. The van der Waals surface area contributed by atoms with Crippen LogP contribution in [-0.4, -0.2) is 30.1 Å². The molecule has 0 aromatic rings. The minimum absolute atomic E-state index is 0. The predicted octanol–water partition coefficient (Wildman–Crippen LogP) is -3.28. The molecule has 0 saturated carbocycles. The van der Waals surface area contributed by atoms with E-state index in [2.05, 4.69) is 11.5 Å². The number of hydrogen-bond acceptors (Lipinski definition) is 5. The van der Waals surface area contributed by atoms with E-state index in [1.54, 1.807) is 0 Å². The van der Waals surface area contributed by atoms with Crippen molar-refractivity contribution in [3.63, 3.8) is 0 Å². The van der Waals surface area contributed by atoms with Crippen LogP contribution in [0.1, 0.15) is 0 Å². The summed E-state index contributed by atoms with van der Waals surface area (Å²) in [5, 5.41) is 16.7. The van der Waals surface area contributed by atoms with E-state index in [0.717, 1.165) is 0 Å². The Hall–Kier alpha value is -0.621. The van der Waals surface area contributed by atoms with E-state index in [1.165, 1.54) is 0 Å². The average Bonchev–Trinajstić information content (AvgIpc) is 1.89. The standard InChI is InChI=1S/2C2H5NO2.Cu/c2*3-1-2(4)5;/h2*1,3H2,(H,4,5);/q;;+1/p-1. The van der Waals surface area contributed by atoms with Crippen molar-refractivity contribution in [3.8, 4) is 0 Å². The van der Waals surface area contributed by atoms with Crippen LogP contribution >= 0.6 is 0 Å². The number of aliphatic carboxylic acids is 2. The van der Waals surface area contributed by atoms with Crippen LogP contribution in [0.5, 0.6) is 0 Å². The van der Waals surface area contributed by atoms with Gasteiger partial charge in [0.1, 0.15) is 0 Å². The molecule has 0 unspecified atom stereocenters. The van der Waals surface area contributed by atoms with E-state index in [0.29, 0.717) is 0 Å². The Balaban J connectivity index is -0.000000107. The van der Waals surface area contributed by atoms with Crippen molar-refractivity contribution in [2.45, 2.75) is 0 Å². The number of hydrogen-bond donors (Lipinski definition) is 3. The second-order valence-electron chi connectivity index (χ2n) is 1.17. The molecule has 0 aliphatic heterocycles. The Bertz CT molecular complexity index is 105. The summed E-state index contributed by atoms with van der Waals surface area (Å²) in [6.45, 7) is -0.667. The first-order chi connectivity index (χ1) is 4.54. The summed E-state index contributed by atoms with van der Waals surface area (Å²) < 4.78 is 0. The molecule has 70 valence electrons. The first-order valence-corrected chi connectivity index (χ1v) is 2.36. The molecule has 5 N–H and O–H groups in total. The van der Waals surface area contributed by atoms with E-state index < -0.39 is 11.9 Å². The van der Waals surface area contributed by atoms with Crippen LogP contribution in [0, 0.1) is 0 Å². The van der Waals surface area contributed by atoms with Gasteiger partial charge in [-0.3, -0.25) is 4.79 Å². The van der Waals surface area contributed by atoms with Crippen LogP contribution in [0.3, 0.4) is 0 Å².